The van der Waals surface area contributed by atoms with E-state index in [2.05, 4.69) is 10.3 Å². The van der Waals surface area contributed by atoms with Crippen LogP contribution in [0, 0.1) is 17.1 Å². The van der Waals surface area contributed by atoms with Gasteiger partial charge in [0.15, 0.2) is 0 Å². The van der Waals surface area contributed by atoms with E-state index in [1.54, 1.807) is 24.5 Å². The van der Waals surface area contributed by atoms with Crippen molar-refractivity contribution in [1.29, 1.82) is 5.26 Å². The number of amides is 1. The van der Waals surface area contributed by atoms with E-state index >= 15 is 0 Å². The number of carbonyl (C=O) groups is 1. The maximum Gasteiger partial charge on any atom is 0.254 e. The lowest BCUT2D eigenvalue weighted by Crippen LogP contribution is -2.36. The van der Waals surface area contributed by atoms with E-state index in [9.17, 15) is 14.3 Å². The van der Waals surface area contributed by atoms with Gasteiger partial charge in [0.1, 0.15) is 17.6 Å². The van der Waals surface area contributed by atoms with Crippen LogP contribution in [0.15, 0.2) is 67.1 Å². The van der Waals surface area contributed by atoms with E-state index in [0.717, 1.165) is 41.4 Å². The highest BCUT2D eigenvalue weighted by Gasteiger charge is 2.27. The molecule has 1 atom stereocenters. The molecule has 1 aliphatic rings. The van der Waals surface area contributed by atoms with Crippen LogP contribution in [0.3, 0.4) is 0 Å². The lowest BCUT2D eigenvalue weighted by molar-refractivity contribution is 0.0791. The highest BCUT2D eigenvalue weighted by atomic mass is 19.1. The Morgan fingerprint density at radius 2 is 2.11 bits per heavy atom. The first kappa shape index (κ1) is 23.5. The number of aromatic nitrogens is 2. The number of carbonyl (C=O) groups excluding carboxylic acids is 1. The van der Waals surface area contributed by atoms with E-state index < -0.39 is 5.82 Å². The Kier molecular flexibility index (Phi) is 6.65. The number of phenolic OH excluding ortho intramolecular Hbond substituents is 1. The molecule has 3 aromatic carbocycles. The first-order chi connectivity index (χ1) is 17.5. The average molecular weight is 484 g/mol. The van der Waals surface area contributed by atoms with Crippen LogP contribution in [0.5, 0.6) is 5.75 Å². The molecule has 0 bridgehead atoms. The molecule has 0 radical (unpaired) electrons. The normalized spacial score (nSPS) is 15.3. The van der Waals surface area contributed by atoms with Crippen LogP contribution in [-0.4, -0.2) is 51.1 Å². The van der Waals surface area contributed by atoms with Gasteiger partial charge in [-0.1, -0.05) is 24.3 Å². The van der Waals surface area contributed by atoms with Gasteiger partial charge in [0.25, 0.3) is 5.91 Å². The lowest BCUT2D eigenvalue weighted by Gasteiger charge is -2.18. The van der Waals surface area contributed by atoms with Gasteiger partial charge in [-0.25, -0.2) is 9.37 Å². The first-order valence-corrected chi connectivity index (χ1v) is 11.9. The number of benzene rings is 3. The molecule has 7 nitrogen and oxygen atoms in total. The number of aromatic hydroxyl groups is 1. The zero-order valence-corrected chi connectivity index (χ0v) is 19.7. The minimum absolute atomic E-state index is 0.0248. The number of nitrogens with zero attached hydrogens (tertiary/aromatic N) is 4. The van der Waals surface area contributed by atoms with Crippen LogP contribution in [0.25, 0.3) is 10.8 Å². The Morgan fingerprint density at radius 3 is 2.94 bits per heavy atom. The first-order valence-electron chi connectivity index (χ1n) is 11.9. The van der Waals surface area contributed by atoms with Gasteiger partial charge in [-0.2, -0.15) is 5.26 Å². The Bertz CT molecular complexity index is 1460. The van der Waals surface area contributed by atoms with Crippen molar-refractivity contribution in [2.24, 2.45) is 0 Å². The fourth-order valence-electron chi connectivity index (χ4n) is 4.78. The standard InChI is InChI=1S/C28H26FN5O2/c29-27-12-19(4-5-21(27)14-30)16-34-18-31-15-23(34)8-10-32-22-9-11-33(17-22)28(36)25-3-1-2-20-6-7-24(35)13-26(20)25/h1-7,12-13,15,18,22,32,35H,8-11,16-17H2/t22-/m0/s1. The summed E-state index contributed by atoms with van der Waals surface area (Å²) in [5, 5.41) is 24.0. The van der Waals surface area contributed by atoms with Gasteiger partial charge in [0.05, 0.1) is 11.9 Å². The van der Waals surface area contributed by atoms with Gasteiger partial charge in [0, 0.05) is 56.1 Å². The van der Waals surface area contributed by atoms with E-state index in [4.69, 9.17) is 5.26 Å². The lowest BCUT2D eigenvalue weighted by atomic mass is 10.0. The third-order valence-electron chi connectivity index (χ3n) is 6.69. The number of phenols is 1. The average Bonchev–Trinajstić information content (AvgIpc) is 3.53. The second-order valence-electron chi connectivity index (χ2n) is 9.09. The molecule has 1 aliphatic heterocycles. The molecule has 0 saturated carbocycles. The molecule has 1 amide bonds. The molecule has 2 heterocycles. The summed E-state index contributed by atoms with van der Waals surface area (Å²) in [6.45, 7) is 2.50. The van der Waals surface area contributed by atoms with Gasteiger partial charge in [-0.05, 0) is 53.1 Å². The van der Waals surface area contributed by atoms with Crippen molar-refractivity contribution in [3.05, 3.63) is 95.3 Å². The van der Waals surface area contributed by atoms with E-state index in [1.165, 1.54) is 12.1 Å². The zero-order valence-electron chi connectivity index (χ0n) is 19.7. The van der Waals surface area contributed by atoms with E-state index in [1.807, 2.05) is 46.0 Å². The molecule has 1 aromatic heterocycles. The molecule has 2 N–H and O–H groups in total. The predicted molar refractivity (Wildman–Crippen MR) is 134 cm³/mol. The van der Waals surface area contributed by atoms with Crippen LogP contribution in [0.4, 0.5) is 4.39 Å². The van der Waals surface area contributed by atoms with Crippen molar-refractivity contribution in [3.8, 4) is 11.8 Å². The summed E-state index contributed by atoms with van der Waals surface area (Å²) in [6, 6.07) is 17.4. The van der Waals surface area contributed by atoms with Crippen molar-refractivity contribution in [2.45, 2.75) is 25.4 Å². The van der Waals surface area contributed by atoms with Gasteiger partial charge >= 0.3 is 0 Å². The fourth-order valence-corrected chi connectivity index (χ4v) is 4.78. The summed E-state index contributed by atoms with van der Waals surface area (Å²) in [7, 11) is 0. The molecule has 1 fully saturated rings. The molecule has 4 aromatic rings. The smallest absolute Gasteiger partial charge is 0.254 e. The molecule has 0 unspecified atom stereocenters. The molecule has 36 heavy (non-hydrogen) atoms. The largest absolute Gasteiger partial charge is 0.508 e. The Labute approximate surface area is 208 Å². The second-order valence-corrected chi connectivity index (χ2v) is 9.09. The Hall–Kier alpha value is -4.22. The fraction of sp³-hybridized carbons (Fsp3) is 0.250. The summed E-state index contributed by atoms with van der Waals surface area (Å²) >= 11 is 0. The van der Waals surface area contributed by atoms with Crippen molar-refractivity contribution in [2.75, 3.05) is 19.6 Å². The molecule has 0 aliphatic carbocycles. The second kappa shape index (κ2) is 10.2. The van der Waals surface area contributed by atoms with Crippen molar-refractivity contribution in [1.82, 2.24) is 19.8 Å². The SMILES string of the molecule is N#Cc1ccc(Cn2cncc2CCN[C@H]2CCN(C(=O)c3cccc4ccc(O)cc34)C2)cc1F. The molecule has 0 spiro atoms. The van der Waals surface area contributed by atoms with E-state index in [0.29, 0.717) is 25.2 Å². The number of likely N-dealkylation sites (tertiary alicyclic amines) is 1. The van der Waals surface area contributed by atoms with Gasteiger partial charge in [-0.3, -0.25) is 4.79 Å². The topological polar surface area (TPSA) is 94.2 Å². The van der Waals surface area contributed by atoms with Crippen LogP contribution in [0.1, 0.15) is 33.6 Å². The summed E-state index contributed by atoms with van der Waals surface area (Å²) in [4.78, 5) is 19.3. The maximum absolute atomic E-state index is 13.9. The molecular weight excluding hydrogens is 457 g/mol. The van der Waals surface area contributed by atoms with Crippen LogP contribution < -0.4 is 5.32 Å². The predicted octanol–water partition coefficient (Wildman–Crippen LogP) is 3.85. The van der Waals surface area contributed by atoms with Gasteiger partial charge in [0.2, 0.25) is 0 Å². The molecular formula is C28H26FN5O2. The number of nitriles is 1. The Morgan fingerprint density at radius 1 is 1.22 bits per heavy atom. The molecule has 1 saturated heterocycles. The number of nitrogens with one attached hydrogen (secondary N) is 1. The molecule has 182 valence electrons. The number of halogens is 1. The number of rotatable bonds is 7. The summed E-state index contributed by atoms with van der Waals surface area (Å²) in [5.41, 5.74) is 2.43. The summed E-state index contributed by atoms with van der Waals surface area (Å²) in [6.07, 6.45) is 5.14. The van der Waals surface area contributed by atoms with Crippen molar-refractivity contribution in [3.63, 3.8) is 0 Å². The third kappa shape index (κ3) is 4.92. The minimum Gasteiger partial charge on any atom is -0.508 e. The Balaban J connectivity index is 1.16. The molecule has 5 rings (SSSR count). The highest BCUT2D eigenvalue weighted by Crippen LogP contribution is 2.25. The maximum atomic E-state index is 13.9. The number of imidazole rings is 1. The van der Waals surface area contributed by atoms with Gasteiger partial charge < -0.3 is 19.9 Å². The number of hydrogen-bond acceptors (Lipinski definition) is 5. The van der Waals surface area contributed by atoms with E-state index in [-0.39, 0.29) is 23.3 Å². The zero-order chi connectivity index (χ0) is 25.1. The quantitative estimate of drug-likeness (QED) is 0.417. The van der Waals surface area contributed by atoms with Gasteiger partial charge in [-0.15, -0.1) is 0 Å². The summed E-state index contributed by atoms with van der Waals surface area (Å²) < 4.78 is 15.9. The minimum atomic E-state index is -0.515. The van der Waals surface area contributed by atoms with Crippen molar-refractivity contribution >= 4 is 16.7 Å². The third-order valence-corrected chi connectivity index (χ3v) is 6.69. The van der Waals surface area contributed by atoms with Crippen LogP contribution in [0.2, 0.25) is 0 Å². The number of hydrogen-bond donors (Lipinski definition) is 2. The molecule has 8 heteroatoms. The van der Waals surface area contributed by atoms with Crippen molar-refractivity contribution < 1.29 is 14.3 Å². The van der Waals surface area contributed by atoms with Crippen LogP contribution >= 0.6 is 0 Å². The number of fused-ring (bicyclic) bond motifs is 1. The summed E-state index contributed by atoms with van der Waals surface area (Å²) in [5.74, 6) is -0.394. The monoisotopic (exact) mass is 483 g/mol. The highest BCUT2D eigenvalue weighted by molar-refractivity contribution is 6.07. The van der Waals surface area contributed by atoms with Crippen LogP contribution in [-0.2, 0) is 13.0 Å².